The number of rotatable bonds is 4. The van der Waals surface area contributed by atoms with E-state index in [1.807, 2.05) is 0 Å². The van der Waals surface area contributed by atoms with E-state index in [1.54, 1.807) is 6.07 Å². The summed E-state index contributed by atoms with van der Waals surface area (Å²) in [5.41, 5.74) is 0.618. The number of hydrogen-bond acceptors (Lipinski definition) is 4. The molecule has 1 amide bonds. The van der Waals surface area contributed by atoms with Crippen molar-refractivity contribution in [3.63, 3.8) is 0 Å². The molecule has 0 unspecified atom stereocenters. The maximum Gasteiger partial charge on any atom is 0.422 e. The third kappa shape index (κ3) is 3.49. The van der Waals surface area contributed by atoms with E-state index in [1.165, 1.54) is 23.5 Å². The lowest BCUT2D eigenvalue weighted by molar-refractivity contribution is -0.153. The molecule has 1 fully saturated rings. The quantitative estimate of drug-likeness (QED) is 0.815. The van der Waals surface area contributed by atoms with Crippen LogP contribution in [-0.2, 0) is 4.79 Å². The molecular formula is C17H15F3N2O2S. The highest BCUT2D eigenvalue weighted by atomic mass is 32.1. The smallest absolute Gasteiger partial charge is 0.422 e. The fourth-order valence-electron chi connectivity index (χ4n) is 3.49. The van der Waals surface area contributed by atoms with Crippen molar-refractivity contribution in [2.24, 2.45) is 17.8 Å². The van der Waals surface area contributed by atoms with Crippen LogP contribution in [-0.4, -0.2) is 23.7 Å². The van der Waals surface area contributed by atoms with Gasteiger partial charge >= 0.3 is 6.18 Å². The van der Waals surface area contributed by atoms with Crippen LogP contribution in [0.15, 0.2) is 30.4 Å². The predicted molar refractivity (Wildman–Crippen MR) is 88.6 cm³/mol. The molecule has 0 radical (unpaired) electrons. The molecule has 0 saturated heterocycles. The number of alkyl halides is 3. The summed E-state index contributed by atoms with van der Waals surface area (Å²) in [6, 6.07) is 4.54. The van der Waals surface area contributed by atoms with E-state index in [0.29, 0.717) is 27.2 Å². The minimum Gasteiger partial charge on any atom is -0.484 e. The van der Waals surface area contributed by atoms with Gasteiger partial charge < -0.3 is 10.1 Å². The number of amides is 1. The van der Waals surface area contributed by atoms with Gasteiger partial charge in [-0.05, 0) is 42.9 Å². The second kappa shape index (κ2) is 6.01. The van der Waals surface area contributed by atoms with Gasteiger partial charge in [-0.3, -0.25) is 4.79 Å². The van der Waals surface area contributed by atoms with Crippen LogP contribution in [0.5, 0.6) is 5.75 Å². The Kier molecular flexibility index (Phi) is 3.94. The van der Waals surface area contributed by atoms with Crippen molar-refractivity contribution in [1.82, 2.24) is 4.98 Å². The van der Waals surface area contributed by atoms with E-state index >= 15 is 0 Å². The Hall–Kier alpha value is -2.09. The van der Waals surface area contributed by atoms with Gasteiger partial charge in [0.05, 0.1) is 10.2 Å². The summed E-state index contributed by atoms with van der Waals surface area (Å²) >= 11 is 1.23. The molecule has 2 bridgehead atoms. The molecule has 1 aromatic carbocycles. The van der Waals surface area contributed by atoms with Crippen LogP contribution in [0.1, 0.15) is 12.8 Å². The molecule has 1 aromatic heterocycles. The molecule has 2 aliphatic rings. The lowest BCUT2D eigenvalue weighted by Crippen LogP contribution is -2.25. The fraction of sp³-hybridized carbons (Fsp3) is 0.412. The maximum absolute atomic E-state index is 12.4. The number of thiazole rings is 1. The van der Waals surface area contributed by atoms with Crippen molar-refractivity contribution in [1.29, 1.82) is 0 Å². The van der Waals surface area contributed by atoms with E-state index in [2.05, 4.69) is 22.5 Å². The highest BCUT2D eigenvalue weighted by Gasteiger charge is 2.40. The minimum absolute atomic E-state index is 0.0207. The van der Waals surface area contributed by atoms with Crippen molar-refractivity contribution in [2.45, 2.75) is 19.0 Å². The van der Waals surface area contributed by atoms with Crippen LogP contribution in [0.4, 0.5) is 18.3 Å². The summed E-state index contributed by atoms with van der Waals surface area (Å²) in [5, 5.41) is 3.31. The number of anilines is 1. The van der Waals surface area contributed by atoms with Crippen molar-refractivity contribution in [3.8, 4) is 5.75 Å². The van der Waals surface area contributed by atoms with Gasteiger partial charge in [-0.25, -0.2) is 4.98 Å². The Morgan fingerprint density at radius 2 is 2.16 bits per heavy atom. The lowest BCUT2D eigenvalue weighted by atomic mass is 9.93. The number of carbonyl (C=O) groups is 1. The number of allylic oxidation sites excluding steroid dienone is 2. The summed E-state index contributed by atoms with van der Waals surface area (Å²) in [6.45, 7) is -1.33. The van der Waals surface area contributed by atoms with Crippen LogP contribution < -0.4 is 10.1 Å². The fourth-order valence-corrected chi connectivity index (χ4v) is 4.39. The Bertz CT molecular complexity index is 846. The van der Waals surface area contributed by atoms with Crippen molar-refractivity contribution in [3.05, 3.63) is 30.4 Å². The summed E-state index contributed by atoms with van der Waals surface area (Å²) < 4.78 is 42.1. The molecule has 4 rings (SSSR count). The number of ether oxygens (including phenoxy) is 1. The van der Waals surface area contributed by atoms with Gasteiger partial charge in [0.15, 0.2) is 11.7 Å². The largest absolute Gasteiger partial charge is 0.484 e. The summed E-state index contributed by atoms with van der Waals surface area (Å²) in [7, 11) is 0. The maximum atomic E-state index is 12.4. The van der Waals surface area contributed by atoms with Gasteiger partial charge in [0.2, 0.25) is 5.91 Å². The second-order valence-electron chi connectivity index (χ2n) is 6.43. The van der Waals surface area contributed by atoms with Crippen LogP contribution >= 0.6 is 11.3 Å². The zero-order chi connectivity index (χ0) is 17.6. The average Bonchev–Trinajstić information content (AvgIpc) is 3.26. The van der Waals surface area contributed by atoms with Crippen molar-refractivity contribution < 1.29 is 22.7 Å². The first-order valence-corrected chi connectivity index (χ1v) is 8.78. The van der Waals surface area contributed by atoms with Crippen molar-refractivity contribution >= 4 is 32.6 Å². The second-order valence-corrected chi connectivity index (χ2v) is 7.46. The Morgan fingerprint density at radius 3 is 2.84 bits per heavy atom. The third-order valence-electron chi connectivity index (χ3n) is 4.61. The number of nitrogens with one attached hydrogen (secondary N) is 1. The Labute approximate surface area is 145 Å². The Morgan fingerprint density at radius 1 is 1.32 bits per heavy atom. The summed E-state index contributed by atoms with van der Waals surface area (Å²) in [6.07, 6.45) is 1.82. The highest BCUT2D eigenvalue weighted by Crippen LogP contribution is 2.44. The number of nitrogens with zero attached hydrogens (tertiary/aromatic N) is 1. The predicted octanol–water partition coefficient (Wildman–Crippen LogP) is 4.39. The minimum atomic E-state index is -4.38. The number of hydrogen-bond donors (Lipinski definition) is 1. The van der Waals surface area contributed by atoms with E-state index in [4.69, 9.17) is 4.74 Å². The van der Waals surface area contributed by atoms with Crippen LogP contribution in [0.25, 0.3) is 10.2 Å². The average molecular weight is 368 g/mol. The molecule has 8 heteroatoms. The number of aromatic nitrogens is 1. The third-order valence-corrected chi connectivity index (χ3v) is 5.54. The number of carbonyl (C=O) groups excluding carboxylic acids is 1. The van der Waals surface area contributed by atoms with Gasteiger partial charge in [0.1, 0.15) is 5.75 Å². The number of halogens is 3. The van der Waals surface area contributed by atoms with E-state index in [9.17, 15) is 18.0 Å². The molecular weight excluding hydrogens is 353 g/mol. The van der Waals surface area contributed by atoms with Crippen LogP contribution in [0, 0.1) is 17.8 Å². The molecule has 0 spiro atoms. The number of fused-ring (bicyclic) bond motifs is 3. The van der Waals surface area contributed by atoms with E-state index < -0.39 is 12.8 Å². The molecule has 1 saturated carbocycles. The zero-order valence-corrected chi connectivity index (χ0v) is 13.9. The zero-order valence-electron chi connectivity index (χ0n) is 13.0. The first-order valence-electron chi connectivity index (χ1n) is 7.97. The molecule has 1 N–H and O–H groups in total. The van der Waals surface area contributed by atoms with Gasteiger partial charge in [-0.15, -0.1) is 0 Å². The van der Waals surface area contributed by atoms with Gasteiger partial charge in [0, 0.05) is 5.92 Å². The molecule has 3 atom stereocenters. The topological polar surface area (TPSA) is 51.2 Å². The van der Waals surface area contributed by atoms with Gasteiger partial charge in [-0.1, -0.05) is 23.5 Å². The SMILES string of the molecule is O=C(Nc1nc2ccc(OCC(F)(F)F)cc2s1)[C@@H]1C[C@H]2C=C[C@H]1C2. The van der Waals surface area contributed by atoms with E-state index in [0.717, 1.165) is 12.8 Å². The molecule has 0 aliphatic heterocycles. The molecule has 4 nitrogen and oxygen atoms in total. The van der Waals surface area contributed by atoms with Gasteiger partial charge in [-0.2, -0.15) is 13.2 Å². The molecule has 2 aliphatic carbocycles. The monoisotopic (exact) mass is 368 g/mol. The standard InChI is InChI=1S/C17H15F3N2O2S/c18-17(19,20)8-24-11-3-4-13-14(7-11)25-16(21-13)22-15(23)12-6-9-1-2-10(12)5-9/h1-4,7,9-10,12H,5-6,8H2,(H,21,22,23)/t9-,10-,12+/m0/s1. The van der Waals surface area contributed by atoms with E-state index in [-0.39, 0.29) is 17.6 Å². The Balaban J connectivity index is 1.45. The lowest BCUT2D eigenvalue weighted by Gasteiger charge is -2.16. The first-order chi connectivity index (χ1) is 11.9. The van der Waals surface area contributed by atoms with Crippen LogP contribution in [0.3, 0.4) is 0 Å². The van der Waals surface area contributed by atoms with Crippen LogP contribution in [0.2, 0.25) is 0 Å². The molecule has 1 heterocycles. The normalized spacial score (nSPS) is 24.8. The summed E-state index contributed by atoms with van der Waals surface area (Å²) in [5.74, 6) is 0.882. The molecule has 2 aromatic rings. The molecule has 25 heavy (non-hydrogen) atoms. The number of benzene rings is 1. The first kappa shape index (κ1) is 16.4. The van der Waals surface area contributed by atoms with Gasteiger partial charge in [0.25, 0.3) is 0 Å². The molecule has 132 valence electrons. The summed E-state index contributed by atoms with van der Waals surface area (Å²) in [4.78, 5) is 16.8. The van der Waals surface area contributed by atoms with Crippen molar-refractivity contribution in [2.75, 3.05) is 11.9 Å². The highest BCUT2D eigenvalue weighted by molar-refractivity contribution is 7.22.